The van der Waals surface area contributed by atoms with Gasteiger partial charge in [0, 0.05) is 30.5 Å². The molecule has 0 radical (unpaired) electrons. The summed E-state index contributed by atoms with van der Waals surface area (Å²) >= 11 is 2.51. The van der Waals surface area contributed by atoms with E-state index in [-0.39, 0.29) is 23.3 Å². The molecule has 2 fully saturated rings. The fourth-order valence-corrected chi connectivity index (χ4v) is 5.85. The van der Waals surface area contributed by atoms with Gasteiger partial charge in [-0.15, -0.1) is 0 Å². The van der Waals surface area contributed by atoms with Crippen LogP contribution in [-0.4, -0.2) is 35.7 Å². The minimum atomic E-state index is -0.372. The van der Waals surface area contributed by atoms with Crippen LogP contribution >= 0.6 is 23.1 Å². The molecule has 35 heavy (non-hydrogen) atoms. The number of benzene rings is 1. The lowest BCUT2D eigenvalue weighted by molar-refractivity contribution is -0.115. The summed E-state index contributed by atoms with van der Waals surface area (Å²) in [6.45, 7) is 0.708. The highest BCUT2D eigenvalue weighted by Gasteiger charge is 2.27. The fraction of sp³-hybridized carbons (Fsp3) is 0.320. The Bertz CT molecular complexity index is 1190. The van der Waals surface area contributed by atoms with E-state index in [1.54, 1.807) is 35.8 Å². The molecule has 3 aliphatic rings. The van der Waals surface area contributed by atoms with Crippen molar-refractivity contribution in [3.63, 3.8) is 0 Å². The number of carbonyl (C=O) groups is 2. The van der Waals surface area contributed by atoms with Crippen LogP contribution in [0.5, 0.6) is 0 Å². The van der Waals surface area contributed by atoms with E-state index in [2.05, 4.69) is 31.6 Å². The number of rotatable bonds is 7. The van der Waals surface area contributed by atoms with Crippen LogP contribution in [0.1, 0.15) is 31.2 Å². The number of imide groups is 1. The van der Waals surface area contributed by atoms with Crippen molar-refractivity contribution in [2.45, 2.75) is 50.6 Å². The lowest BCUT2D eigenvalue weighted by atomic mass is 9.90. The average Bonchev–Trinajstić information content (AvgIpc) is 3.49. The average molecular weight is 512 g/mol. The smallest absolute Gasteiger partial charge is 0.290 e. The number of allylic oxidation sites excluding steroid dienone is 2. The van der Waals surface area contributed by atoms with Gasteiger partial charge in [0.25, 0.3) is 11.1 Å². The zero-order valence-electron chi connectivity index (χ0n) is 18.9. The molecular weight excluding hydrogens is 485 g/mol. The van der Waals surface area contributed by atoms with Crippen molar-refractivity contribution in [3.8, 4) is 11.1 Å². The van der Waals surface area contributed by atoms with Crippen LogP contribution in [0.3, 0.4) is 0 Å². The number of thioether (sulfide) groups is 1. The van der Waals surface area contributed by atoms with Crippen LogP contribution in [0.25, 0.3) is 11.1 Å². The van der Waals surface area contributed by atoms with E-state index in [0.29, 0.717) is 23.5 Å². The summed E-state index contributed by atoms with van der Waals surface area (Å²) in [5.74, 6) is -0.586. The predicted molar refractivity (Wildman–Crippen MR) is 138 cm³/mol. The number of thiophene rings is 1. The Kier molecular flexibility index (Phi) is 7.43. The van der Waals surface area contributed by atoms with Crippen LogP contribution in [0.2, 0.25) is 0 Å². The Morgan fingerprint density at radius 3 is 2.71 bits per heavy atom. The normalized spacial score (nSPS) is 25.5. The Labute approximate surface area is 211 Å². The number of nitrogens with one attached hydrogen (secondary N) is 4. The van der Waals surface area contributed by atoms with Gasteiger partial charge in [0.15, 0.2) is 6.29 Å². The van der Waals surface area contributed by atoms with Crippen molar-refractivity contribution in [1.82, 2.24) is 21.3 Å². The van der Waals surface area contributed by atoms with Crippen LogP contribution < -0.4 is 21.3 Å². The first-order valence-electron chi connectivity index (χ1n) is 11.6. The first-order valence-corrected chi connectivity index (χ1v) is 13.3. The standard InChI is InChI=1S/C25H26FN5O2S2/c26-17-2-1-15(21(11-17)16-8-10-34-14-16)13-28-18-3-5-19(6-4-18)29-24-27-9-7-20(30-24)12-22-23(32)31-25(33)35-22/h1-2,7-12,14,18-19,24,28-30H,3-6,13H2,(H,31,32,33)/b22-12-/t18-,19-,24?. The number of hydrogen-bond donors (Lipinski definition) is 4. The number of hydrogen-bond acceptors (Lipinski definition) is 8. The summed E-state index contributed by atoms with van der Waals surface area (Å²) in [4.78, 5) is 28.0. The summed E-state index contributed by atoms with van der Waals surface area (Å²) < 4.78 is 13.8. The van der Waals surface area contributed by atoms with Crippen LogP contribution in [0.15, 0.2) is 62.8 Å². The molecule has 1 aliphatic carbocycles. The van der Waals surface area contributed by atoms with Crippen molar-refractivity contribution in [2.75, 3.05) is 0 Å². The second-order valence-corrected chi connectivity index (χ2v) is 10.5. The molecule has 0 bridgehead atoms. The number of aliphatic imine (C=N–C) groups is 1. The number of amides is 2. The summed E-state index contributed by atoms with van der Waals surface area (Å²) in [6, 6.07) is 7.78. The van der Waals surface area contributed by atoms with E-state index < -0.39 is 0 Å². The Balaban J connectivity index is 1.10. The van der Waals surface area contributed by atoms with E-state index in [4.69, 9.17) is 0 Å². The maximum Gasteiger partial charge on any atom is 0.290 e. The SMILES string of the molecule is O=C1NC(=O)/C(=C/C2=CC=NC(N[C@H]3CC[C@H](NCc4ccc(F)cc4-c4ccsc4)CC3)N2)S1. The highest BCUT2D eigenvalue weighted by atomic mass is 32.2. The van der Waals surface area contributed by atoms with Crippen molar-refractivity contribution >= 4 is 40.5 Å². The third-order valence-electron chi connectivity index (χ3n) is 6.33. The van der Waals surface area contributed by atoms with Gasteiger partial charge in [0.1, 0.15) is 5.82 Å². The molecule has 2 aromatic rings. The van der Waals surface area contributed by atoms with Crippen molar-refractivity contribution in [3.05, 3.63) is 69.2 Å². The third-order valence-corrected chi connectivity index (χ3v) is 7.82. The fourth-order valence-electron chi connectivity index (χ4n) is 4.52. The van der Waals surface area contributed by atoms with Gasteiger partial charge in [-0.05, 0) is 95.2 Å². The molecule has 3 heterocycles. The van der Waals surface area contributed by atoms with Gasteiger partial charge in [-0.25, -0.2) is 4.39 Å². The van der Waals surface area contributed by atoms with E-state index >= 15 is 0 Å². The summed E-state index contributed by atoms with van der Waals surface area (Å²) in [5.41, 5.74) is 3.85. The lowest BCUT2D eigenvalue weighted by Gasteiger charge is -2.33. The van der Waals surface area contributed by atoms with Crippen molar-refractivity contribution in [2.24, 2.45) is 4.99 Å². The van der Waals surface area contributed by atoms with E-state index in [9.17, 15) is 14.0 Å². The first kappa shape index (κ1) is 23.9. The summed E-state index contributed by atoms with van der Waals surface area (Å²) in [5, 5.41) is 16.4. The molecule has 1 atom stereocenters. The zero-order chi connectivity index (χ0) is 24.2. The molecule has 10 heteroatoms. The molecule has 7 nitrogen and oxygen atoms in total. The monoisotopic (exact) mass is 511 g/mol. The van der Waals surface area contributed by atoms with Gasteiger partial charge < -0.3 is 10.6 Å². The summed E-state index contributed by atoms with van der Waals surface area (Å²) in [6.07, 6.45) is 8.98. The highest BCUT2D eigenvalue weighted by molar-refractivity contribution is 8.18. The van der Waals surface area contributed by atoms with E-state index in [0.717, 1.165) is 59.8 Å². The number of halogens is 1. The Morgan fingerprint density at radius 1 is 1.14 bits per heavy atom. The van der Waals surface area contributed by atoms with Gasteiger partial charge >= 0.3 is 0 Å². The molecule has 2 amide bonds. The molecule has 1 aromatic heterocycles. The van der Waals surface area contributed by atoms with Crippen LogP contribution in [0.4, 0.5) is 9.18 Å². The van der Waals surface area contributed by atoms with Crippen LogP contribution in [-0.2, 0) is 11.3 Å². The maximum absolute atomic E-state index is 13.8. The number of carbonyl (C=O) groups excluding carboxylic acids is 2. The molecule has 1 unspecified atom stereocenters. The van der Waals surface area contributed by atoms with Crippen LogP contribution in [0, 0.1) is 5.82 Å². The van der Waals surface area contributed by atoms with Gasteiger partial charge in [-0.3, -0.25) is 25.2 Å². The molecule has 4 N–H and O–H groups in total. The zero-order valence-corrected chi connectivity index (χ0v) is 20.6. The van der Waals surface area contributed by atoms with Gasteiger partial charge in [-0.1, -0.05) is 6.07 Å². The third kappa shape index (κ3) is 6.07. The minimum absolute atomic E-state index is 0.214. The molecule has 2 aliphatic heterocycles. The highest BCUT2D eigenvalue weighted by Crippen LogP contribution is 2.28. The van der Waals surface area contributed by atoms with E-state index in [1.165, 1.54) is 6.07 Å². The predicted octanol–water partition coefficient (Wildman–Crippen LogP) is 4.25. The second kappa shape index (κ2) is 10.9. The van der Waals surface area contributed by atoms with Gasteiger partial charge in [-0.2, -0.15) is 11.3 Å². The first-order chi connectivity index (χ1) is 17.0. The minimum Gasteiger partial charge on any atom is -0.351 e. The molecule has 0 spiro atoms. The topological polar surface area (TPSA) is 94.6 Å². The quantitative estimate of drug-likeness (QED) is 0.415. The van der Waals surface area contributed by atoms with E-state index in [1.807, 2.05) is 17.5 Å². The van der Waals surface area contributed by atoms with Crippen molar-refractivity contribution < 1.29 is 14.0 Å². The molecule has 1 saturated carbocycles. The summed E-state index contributed by atoms with van der Waals surface area (Å²) in [7, 11) is 0. The second-order valence-electron chi connectivity index (χ2n) is 8.73. The molecule has 1 aromatic carbocycles. The molecule has 182 valence electrons. The van der Waals surface area contributed by atoms with Crippen molar-refractivity contribution in [1.29, 1.82) is 0 Å². The Morgan fingerprint density at radius 2 is 1.97 bits per heavy atom. The Hall–Kier alpha value is -2.79. The van der Waals surface area contributed by atoms with Gasteiger partial charge in [0.05, 0.1) is 4.91 Å². The van der Waals surface area contributed by atoms with Gasteiger partial charge in [0.2, 0.25) is 0 Å². The number of nitrogens with zero attached hydrogens (tertiary/aromatic N) is 1. The largest absolute Gasteiger partial charge is 0.351 e. The maximum atomic E-state index is 13.8. The molecule has 1 saturated heterocycles. The lowest BCUT2D eigenvalue weighted by Crippen LogP contribution is -2.49. The molecular formula is C25H26FN5O2S2. The molecule has 5 rings (SSSR count).